The van der Waals surface area contributed by atoms with Crippen molar-refractivity contribution in [2.24, 2.45) is 0 Å². The molecule has 1 aliphatic rings. The van der Waals surface area contributed by atoms with Gasteiger partial charge >= 0.3 is 0 Å². The van der Waals surface area contributed by atoms with Crippen LogP contribution in [0.2, 0.25) is 0 Å². The largest absolute Gasteiger partial charge is 0.497 e. The highest BCUT2D eigenvalue weighted by atomic mass is 16.5. The number of aromatic nitrogens is 3. The normalized spacial score (nSPS) is 14.2. The molecule has 1 aliphatic heterocycles. The quantitative estimate of drug-likeness (QED) is 0.319. The summed E-state index contributed by atoms with van der Waals surface area (Å²) in [5, 5.41) is 10.6. The molecule has 2 heterocycles. The van der Waals surface area contributed by atoms with E-state index in [4.69, 9.17) is 18.9 Å². The van der Waals surface area contributed by atoms with E-state index in [1.807, 2.05) is 55.5 Å². The fourth-order valence-electron chi connectivity index (χ4n) is 4.56. The van der Waals surface area contributed by atoms with Crippen molar-refractivity contribution in [1.29, 1.82) is 0 Å². The second-order valence-corrected chi connectivity index (χ2v) is 8.77. The highest BCUT2D eigenvalue weighted by Crippen LogP contribution is 2.43. The first-order valence-electron chi connectivity index (χ1n) is 12.3. The van der Waals surface area contributed by atoms with Gasteiger partial charge in [-0.1, -0.05) is 42.5 Å². The van der Waals surface area contributed by atoms with Gasteiger partial charge in [0.2, 0.25) is 5.95 Å². The van der Waals surface area contributed by atoms with E-state index in [0.717, 1.165) is 5.56 Å². The van der Waals surface area contributed by atoms with E-state index in [2.05, 4.69) is 20.7 Å². The molecule has 0 spiro atoms. The van der Waals surface area contributed by atoms with Gasteiger partial charge in [0.15, 0.2) is 11.5 Å². The fraction of sp³-hybridized carbons (Fsp3) is 0.207. The maximum atomic E-state index is 13.9. The molecule has 4 aromatic rings. The van der Waals surface area contributed by atoms with Gasteiger partial charge < -0.3 is 29.6 Å². The number of nitrogens with zero attached hydrogens (tertiary/aromatic N) is 3. The number of para-hydroxylation sites is 1. The molecular formula is C29H29N5O5. The summed E-state index contributed by atoms with van der Waals surface area (Å²) in [5.41, 5.74) is 3.26. The topological polar surface area (TPSA) is 109 Å². The molecular weight excluding hydrogens is 498 g/mol. The molecule has 0 bridgehead atoms. The SMILES string of the molecule is COc1ccc(NC(=O)C2=C(C)Nc3ncnn3[C@@H]2c2cccc(OC)c2OCc2ccccc2)c(OC)c1. The van der Waals surface area contributed by atoms with E-state index < -0.39 is 6.04 Å². The van der Waals surface area contributed by atoms with Crippen molar-refractivity contribution in [3.05, 3.63) is 95.5 Å². The number of nitrogens with one attached hydrogen (secondary N) is 2. The number of carbonyl (C=O) groups excluding carboxylic acids is 1. The van der Waals surface area contributed by atoms with E-state index >= 15 is 0 Å². The first-order valence-corrected chi connectivity index (χ1v) is 12.3. The van der Waals surface area contributed by atoms with Crippen LogP contribution in [0.4, 0.5) is 11.6 Å². The van der Waals surface area contributed by atoms with Crippen LogP contribution in [0.25, 0.3) is 0 Å². The van der Waals surface area contributed by atoms with E-state index in [1.165, 1.54) is 13.4 Å². The summed E-state index contributed by atoms with van der Waals surface area (Å²) in [6, 6.07) is 20.0. The van der Waals surface area contributed by atoms with Crippen molar-refractivity contribution in [3.8, 4) is 23.0 Å². The van der Waals surface area contributed by atoms with Gasteiger partial charge in [0.25, 0.3) is 5.91 Å². The summed E-state index contributed by atoms with van der Waals surface area (Å²) in [5.74, 6) is 2.30. The molecule has 1 aromatic heterocycles. The summed E-state index contributed by atoms with van der Waals surface area (Å²) < 4.78 is 24.5. The minimum absolute atomic E-state index is 0.316. The molecule has 0 unspecified atom stereocenters. The van der Waals surface area contributed by atoms with Crippen molar-refractivity contribution in [1.82, 2.24) is 14.8 Å². The zero-order valence-corrected chi connectivity index (χ0v) is 22.1. The first-order chi connectivity index (χ1) is 19.0. The number of carbonyl (C=O) groups is 1. The lowest BCUT2D eigenvalue weighted by molar-refractivity contribution is -0.113. The third kappa shape index (κ3) is 5.08. The number of allylic oxidation sites excluding steroid dienone is 1. The molecule has 3 aromatic carbocycles. The van der Waals surface area contributed by atoms with Crippen LogP contribution in [0.5, 0.6) is 23.0 Å². The van der Waals surface area contributed by atoms with Crippen molar-refractivity contribution < 1.29 is 23.7 Å². The lowest BCUT2D eigenvalue weighted by Crippen LogP contribution is -2.32. The number of rotatable bonds is 9. The fourth-order valence-corrected chi connectivity index (χ4v) is 4.56. The molecule has 10 nitrogen and oxygen atoms in total. The van der Waals surface area contributed by atoms with Crippen LogP contribution >= 0.6 is 0 Å². The molecule has 1 amide bonds. The molecule has 10 heteroatoms. The highest BCUT2D eigenvalue weighted by molar-refractivity contribution is 6.06. The van der Waals surface area contributed by atoms with Crippen LogP contribution in [0.15, 0.2) is 84.3 Å². The highest BCUT2D eigenvalue weighted by Gasteiger charge is 2.36. The van der Waals surface area contributed by atoms with Gasteiger partial charge in [0.1, 0.15) is 30.5 Å². The summed E-state index contributed by atoms with van der Waals surface area (Å²) in [4.78, 5) is 18.3. The Labute approximate surface area is 226 Å². The molecule has 2 N–H and O–H groups in total. The number of hydrogen-bond donors (Lipinski definition) is 2. The van der Waals surface area contributed by atoms with E-state index in [9.17, 15) is 4.79 Å². The lowest BCUT2D eigenvalue weighted by atomic mass is 9.93. The predicted molar refractivity (Wildman–Crippen MR) is 146 cm³/mol. The smallest absolute Gasteiger partial charge is 0.255 e. The minimum atomic E-state index is -0.658. The van der Waals surface area contributed by atoms with Crippen molar-refractivity contribution in [2.75, 3.05) is 32.0 Å². The second-order valence-electron chi connectivity index (χ2n) is 8.77. The standard InChI is InChI=1S/C29H29N5O5/c1-18-25(28(35)33-22-14-13-20(36-2)15-24(22)38-4)26(34-29(32-18)30-17-31-34)21-11-8-12-23(37-3)27(21)39-16-19-9-6-5-7-10-19/h5-15,17,26H,16H2,1-4H3,(H,33,35)(H,30,31,32)/t26-/m1/s1. The third-order valence-corrected chi connectivity index (χ3v) is 6.45. The number of ether oxygens (including phenoxy) is 4. The molecule has 39 heavy (non-hydrogen) atoms. The molecule has 5 rings (SSSR count). The molecule has 0 radical (unpaired) electrons. The summed E-state index contributed by atoms with van der Waals surface area (Å²) in [6.45, 7) is 2.15. The van der Waals surface area contributed by atoms with Crippen LogP contribution < -0.4 is 29.6 Å². The zero-order valence-electron chi connectivity index (χ0n) is 22.1. The number of benzene rings is 3. The number of amides is 1. The average Bonchev–Trinajstić information content (AvgIpc) is 3.44. The van der Waals surface area contributed by atoms with Gasteiger partial charge in [-0.2, -0.15) is 10.1 Å². The number of hydrogen-bond acceptors (Lipinski definition) is 8. The van der Waals surface area contributed by atoms with Crippen LogP contribution in [-0.4, -0.2) is 42.0 Å². The number of methoxy groups -OCH3 is 3. The second kappa shape index (κ2) is 11.2. The van der Waals surface area contributed by atoms with Crippen LogP contribution in [-0.2, 0) is 11.4 Å². The Morgan fingerprint density at radius 1 is 0.974 bits per heavy atom. The van der Waals surface area contributed by atoms with Crippen LogP contribution in [0.1, 0.15) is 24.1 Å². The van der Waals surface area contributed by atoms with Crippen molar-refractivity contribution >= 4 is 17.5 Å². The number of fused-ring (bicyclic) bond motifs is 1. The van der Waals surface area contributed by atoms with Gasteiger partial charge in [-0.05, 0) is 30.7 Å². The Morgan fingerprint density at radius 2 is 1.77 bits per heavy atom. The third-order valence-electron chi connectivity index (χ3n) is 6.45. The molecule has 0 saturated heterocycles. The summed E-state index contributed by atoms with van der Waals surface area (Å²) >= 11 is 0. The maximum absolute atomic E-state index is 13.9. The Kier molecular flexibility index (Phi) is 7.35. The molecule has 200 valence electrons. The Morgan fingerprint density at radius 3 is 2.51 bits per heavy atom. The molecule has 1 atom stereocenters. The molecule has 0 aliphatic carbocycles. The van der Waals surface area contributed by atoms with E-state index in [-0.39, 0.29) is 5.91 Å². The summed E-state index contributed by atoms with van der Waals surface area (Å²) in [6.07, 6.45) is 1.45. The Hall–Kier alpha value is -4.99. The monoisotopic (exact) mass is 527 g/mol. The lowest BCUT2D eigenvalue weighted by Gasteiger charge is -2.30. The Bertz CT molecular complexity index is 1520. The van der Waals surface area contributed by atoms with Gasteiger partial charge in [-0.15, -0.1) is 0 Å². The first kappa shape index (κ1) is 25.7. The molecule has 0 saturated carbocycles. The zero-order chi connectivity index (χ0) is 27.4. The average molecular weight is 528 g/mol. The van der Waals surface area contributed by atoms with E-state index in [0.29, 0.717) is 58.1 Å². The van der Waals surface area contributed by atoms with Crippen LogP contribution in [0, 0.1) is 0 Å². The van der Waals surface area contributed by atoms with E-state index in [1.54, 1.807) is 37.1 Å². The van der Waals surface area contributed by atoms with Gasteiger partial charge in [-0.25, -0.2) is 4.68 Å². The minimum Gasteiger partial charge on any atom is -0.497 e. The predicted octanol–water partition coefficient (Wildman–Crippen LogP) is 4.81. The van der Waals surface area contributed by atoms with Crippen molar-refractivity contribution in [2.45, 2.75) is 19.6 Å². The van der Waals surface area contributed by atoms with Gasteiger partial charge in [-0.3, -0.25) is 4.79 Å². The van der Waals surface area contributed by atoms with Gasteiger partial charge in [0.05, 0.1) is 32.6 Å². The summed E-state index contributed by atoms with van der Waals surface area (Å²) in [7, 11) is 4.69. The van der Waals surface area contributed by atoms with Crippen molar-refractivity contribution in [3.63, 3.8) is 0 Å². The maximum Gasteiger partial charge on any atom is 0.255 e. The van der Waals surface area contributed by atoms with Gasteiger partial charge in [0, 0.05) is 17.3 Å². The number of anilines is 2. The van der Waals surface area contributed by atoms with Crippen LogP contribution in [0.3, 0.4) is 0 Å². The molecule has 0 fully saturated rings. The Balaban J connectivity index is 1.57.